The van der Waals surface area contributed by atoms with Crippen molar-refractivity contribution in [3.8, 4) is 5.69 Å². The molecule has 1 saturated carbocycles. The molecule has 2 aromatic rings. The van der Waals surface area contributed by atoms with E-state index in [1.165, 1.54) is 6.42 Å². The van der Waals surface area contributed by atoms with Gasteiger partial charge >= 0.3 is 0 Å². The first-order valence-corrected chi connectivity index (χ1v) is 9.84. The third-order valence-corrected chi connectivity index (χ3v) is 6.14. The highest BCUT2D eigenvalue weighted by Gasteiger charge is 2.45. The summed E-state index contributed by atoms with van der Waals surface area (Å²) in [5.74, 6) is 1.01. The molecular formula is C21H29N5O. The van der Waals surface area contributed by atoms with E-state index in [0.717, 1.165) is 24.2 Å². The van der Waals surface area contributed by atoms with E-state index in [1.807, 2.05) is 36.5 Å². The lowest BCUT2D eigenvalue weighted by molar-refractivity contribution is -0.119. The lowest BCUT2D eigenvalue weighted by atomic mass is 9.66. The van der Waals surface area contributed by atoms with Crippen molar-refractivity contribution in [2.24, 2.45) is 17.3 Å². The molecule has 3 N–H and O–H groups in total. The molecule has 2 aliphatic rings. The first-order valence-electron chi connectivity index (χ1n) is 9.84. The normalized spacial score (nSPS) is 28.0. The number of anilines is 1. The first-order chi connectivity index (χ1) is 12.9. The van der Waals surface area contributed by atoms with Crippen molar-refractivity contribution < 1.29 is 4.79 Å². The summed E-state index contributed by atoms with van der Waals surface area (Å²) >= 11 is 0. The second kappa shape index (κ2) is 7.09. The fraction of sp³-hybridized carbons (Fsp3) is 0.524. The molecule has 0 bridgehead atoms. The Morgan fingerprint density at radius 2 is 2.07 bits per heavy atom. The van der Waals surface area contributed by atoms with Gasteiger partial charge < -0.3 is 5.32 Å². The highest BCUT2D eigenvalue weighted by Crippen LogP contribution is 2.42. The molecular weight excluding hydrogens is 338 g/mol. The van der Waals surface area contributed by atoms with E-state index < -0.39 is 0 Å². The number of nitrogens with zero attached hydrogens (tertiary/aromatic N) is 2. The fourth-order valence-corrected chi connectivity index (χ4v) is 4.47. The predicted octanol–water partition coefficient (Wildman–Crippen LogP) is 3.12. The summed E-state index contributed by atoms with van der Waals surface area (Å²) in [6.07, 6.45) is 7.06. The fourth-order valence-electron chi connectivity index (χ4n) is 4.47. The van der Waals surface area contributed by atoms with Crippen molar-refractivity contribution >= 4 is 11.6 Å². The van der Waals surface area contributed by atoms with Crippen molar-refractivity contribution in [3.63, 3.8) is 0 Å². The van der Waals surface area contributed by atoms with Crippen LogP contribution in [-0.4, -0.2) is 27.8 Å². The average Bonchev–Trinajstić information content (AvgIpc) is 3.30. The van der Waals surface area contributed by atoms with Crippen LogP contribution in [-0.2, 0) is 4.79 Å². The van der Waals surface area contributed by atoms with Gasteiger partial charge in [-0.1, -0.05) is 26.8 Å². The van der Waals surface area contributed by atoms with Gasteiger partial charge in [-0.3, -0.25) is 10.2 Å². The maximum atomic E-state index is 13.0. The van der Waals surface area contributed by atoms with Gasteiger partial charge in [-0.2, -0.15) is 5.10 Å². The summed E-state index contributed by atoms with van der Waals surface area (Å²) in [4.78, 5) is 13.0. The number of fused-ring (bicyclic) bond motifs is 1. The monoisotopic (exact) mass is 367 g/mol. The van der Waals surface area contributed by atoms with Gasteiger partial charge in [0.25, 0.3) is 0 Å². The molecule has 2 heterocycles. The lowest BCUT2D eigenvalue weighted by Gasteiger charge is -2.39. The number of benzene rings is 1. The zero-order chi connectivity index (χ0) is 19.0. The highest BCUT2D eigenvalue weighted by molar-refractivity contribution is 5.95. The molecule has 0 spiro atoms. The van der Waals surface area contributed by atoms with Gasteiger partial charge in [0, 0.05) is 30.0 Å². The quantitative estimate of drug-likeness (QED) is 0.779. The largest absolute Gasteiger partial charge is 0.325 e. The number of nitrogens with one attached hydrogen (secondary N) is 3. The van der Waals surface area contributed by atoms with Gasteiger partial charge in [0.05, 0.1) is 5.69 Å². The molecule has 1 amide bonds. The van der Waals surface area contributed by atoms with Crippen molar-refractivity contribution in [1.29, 1.82) is 0 Å². The number of rotatable bonds is 3. The number of hydrazine groups is 1. The summed E-state index contributed by atoms with van der Waals surface area (Å²) in [5, 5.41) is 7.34. The minimum absolute atomic E-state index is 0.0298. The van der Waals surface area contributed by atoms with Crippen LogP contribution in [0.5, 0.6) is 0 Å². The third kappa shape index (κ3) is 3.77. The van der Waals surface area contributed by atoms with E-state index in [4.69, 9.17) is 0 Å². The highest BCUT2D eigenvalue weighted by atomic mass is 16.2. The molecule has 0 radical (unpaired) electrons. The van der Waals surface area contributed by atoms with Crippen LogP contribution in [0.15, 0.2) is 42.7 Å². The molecule has 1 aromatic carbocycles. The van der Waals surface area contributed by atoms with Crippen molar-refractivity contribution in [3.05, 3.63) is 42.7 Å². The molecule has 6 nitrogen and oxygen atoms in total. The zero-order valence-corrected chi connectivity index (χ0v) is 16.3. The lowest BCUT2D eigenvalue weighted by Crippen LogP contribution is -2.43. The molecule has 6 heteroatoms. The Morgan fingerprint density at radius 3 is 2.81 bits per heavy atom. The summed E-state index contributed by atoms with van der Waals surface area (Å²) in [6.45, 7) is 6.93. The smallest absolute Gasteiger partial charge is 0.243 e. The minimum atomic E-state index is -0.200. The molecule has 4 atom stereocenters. The van der Waals surface area contributed by atoms with E-state index in [2.05, 4.69) is 42.0 Å². The van der Waals surface area contributed by atoms with E-state index in [1.54, 1.807) is 10.9 Å². The average molecular weight is 367 g/mol. The zero-order valence-electron chi connectivity index (χ0n) is 16.3. The maximum absolute atomic E-state index is 13.0. The molecule has 1 saturated heterocycles. The summed E-state index contributed by atoms with van der Waals surface area (Å²) in [5.41, 5.74) is 8.62. The Kier molecular flexibility index (Phi) is 4.78. The van der Waals surface area contributed by atoms with Crippen LogP contribution in [0.25, 0.3) is 5.69 Å². The minimum Gasteiger partial charge on any atom is -0.325 e. The first kappa shape index (κ1) is 18.2. The molecule has 1 aliphatic heterocycles. The van der Waals surface area contributed by atoms with Crippen LogP contribution < -0.4 is 16.2 Å². The van der Waals surface area contributed by atoms with Gasteiger partial charge in [0.1, 0.15) is 6.04 Å². The SMILES string of the molecule is CC(C)(C)C1CCC2NNC(C(=O)Nc3cccc(-n4cccn4)c3)C2C1. The number of hydrogen-bond donors (Lipinski definition) is 3. The van der Waals surface area contributed by atoms with Crippen molar-refractivity contribution in [2.75, 3.05) is 5.32 Å². The Balaban J connectivity index is 1.46. The molecule has 2 fully saturated rings. The van der Waals surface area contributed by atoms with Gasteiger partial charge in [-0.25, -0.2) is 10.1 Å². The number of hydrogen-bond acceptors (Lipinski definition) is 4. The van der Waals surface area contributed by atoms with E-state index in [9.17, 15) is 4.79 Å². The van der Waals surface area contributed by atoms with E-state index in [-0.39, 0.29) is 17.4 Å². The van der Waals surface area contributed by atoms with E-state index >= 15 is 0 Å². The van der Waals surface area contributed by atoms with E-state index in [0.29, 0.717) is 17.9 Å². The summed E-state index contributed by atoms with van der Waals surface area (Å²) in [7, 11) is 0. The third-order valence-electron chi connectivity index (χ3n) is 6.14. The molecule has 27 heavy (non-hydrogen) atoms. The Bertz CT molecular complexity index is 795. The van der Waals surface area contributed by atoms with Crippen molar-refractivity contribution in [2.45, 2.75) is 52.1 Å². The number of carbonyl (C=O) groups is 1. The molecule has 4 rings (SSSR count). The van der Waals surface area contributed by atoms with Gasteiger partial charge in [0.15, 0.2) is 0 Å². The van der Waals surface area contributed by atoms with Gasteiger partial charge in [-0.05, 0) is 54.9 Å². The predicted molar refractivity (Wildman–Crippen MR) is 106 cm³/mol. The summed E-state index contributed by atoms with van der Waals surface area (Å²) in [6, 6.07) is 9.85. The van der Waals surface area contributed by atoms with Crippen LogP contribution in [0, 0.1) is 17.3 Å². The standard InChI is InChI=1S/C21H29N5O/c1-21(2,3)14-8-9-18-17(12-14)19(25-24-18)20(27)23-15-6-4-7-16(13-15)26-11-5-10-22-26/h4-7,10-11,13-14,17-19,24-25H,8-9,12H2,1-3H3,(H,23,27). The molecule has 1 aromatic heterocycles. The second-order valence-electron chi connectivity index (χ2n) is 8.90. The van der Waals surface area contributed by atoms with Crippen LogP contribution in [0.4, 0.5) is 5.69 Å². The molecule has 4 unspecified atom stereocenters. The van der Waals surface area contributed by atoms with Crippen LogP contribution in [0.1, 0.15) is 40.0 Å². The summed E-state index contributed by atoms with van der Waals surface area (Å²) < 4.78 is 1.79. The topological polar surface area (TPSA) is 71.0 Å². The Hall–Kier alpha value is -2.18. The van der Waals surface area contributed by atoms with Crippen LogP contribution in [0.3, 0.4) is 0 Å². The van der Waals surface area contributed by atoms with Gasteiger partial charge in [-0.15, -0.1) is 0 Å². The Morgan fingerprint density at radius 1 is 1.22 bits per heavy atom. The molecule has 144 valence electrons. The van der Waals surface area contributed by atoms with Gasteiger partial charge in [0.2, 0.25) is 5.91 Å². The van der Waals surface area contributed by atoms with Crippen molar-refractivity contribution in [1.82, 2.24) is 20.6 Å². The molecule has 1 aliphatic carbocycles. The maximum Gasteiger partial charge on any atom is 0.243 e. The second-order valence-corrected chi connectivity index (χ2v) is 8.90. The number of carbonyl (C=O) groups excluding carboxylic acids is 1. The van der Waals surface area contributed by atoms with Crippen LogP contribution >= 0.6 is 0 Å². The number of amides is 1. The Labute approximate surface area is 160 Å². The number of aromatic nitrogens is 2. The van der Waals surface area contributed by atoms with Crippen LogP contribution in [0.2, 0.25) is 0 Å².